The van der Waals surface area contributed by atoms with Gasteiger partial charge in [0.1, 0.15) is 5.60 Å². The Morgan fingerprint density at radius 1 is 1.26 bits per heavy atom. The second-order valence-electron chi connectivity index (χ2n) is 5.81. The molecule has 0 bridgehead atoms. The van der Waals surface area contributed by atoms with Crippen LogP contribution in [0.5, 0.6) is 0 Å². The zero-order valence-corrected chi connectivity index (χ0v) is 11.5. The molecule has 0 fully saturated rings. The van der Waals surface area contributed by atoms with E-state index in [9.17, 15) is 9.59 Å². The fourth-order valence-electron chi connectivity index (χ4n) is 2.16. The van der Waals surface area contributed by atoms with Gasteiger partial charge >= 0.3 is 6.09 Å². The third kappa shape index (κ3) is 3.56. The first-order chi connectivity index (χ1) is 8.85. The number of amides is 1. The Morgan fingerprint density at radius 2 is 1.89 bits per heavy atom. The Labute approximate surface area is 113 Å². The molecule has 1 amide bonds. The van der Waals surface area contributed by atoms with Crippen molar-refractivity contribution < 1.29 is 14.3 Å². The van der Waals surface area contributed by atoms with E-state index in [1.807, 2.05) is 24.3 Å². The van der Waals surface area contributed by atoms with Gasteiger partial charge in [0.25, 0.3) is 0 Å². The summed E-state index contributed by atoms with van der Waals surface area (Å²) in [6.45, 7) is 5.39. The number of fused-ring (bicyclic) bond motifs is 1. The molecule has 19 heavy (non-hydrogen) atoms. The normalized spacial score (nSPS) is 18.7. The van der Waals surface area contributed by atoms with Crippen LogP contribution in [0.25, 0.3) is 0 Å². The molecular weight excluding hydrogens is 242 g/mol. The van der Waals surface area contributed by atoms with Gasteiger partial charge in [0.15, 0.2) is 5.78 Å². The minimum absolute atomic E-state index is 0.0320. The van der Waals surface area contributed by atoms with E-state index in [-0.39, 0.29) is 5.78 Å². The van der Waals surface area contributed by atoms with Gasteiger partial charge in [-0.25, -0.2) is 4.79 Å². The number of hydrogen-bond donors (Lipinski definition) is 1. The van der Waals surface area contributed by atoms with Gasteiger partial charge in [0.2, 0.25) is 0 Å². The van der Waals surface area contributed by atoms with Crippen molar-refractivity contribution in [1.29, 1.82) is 0 Å². The number of hydrogen-bond acceptors (Lipinski definition) is 3. The summed E-state index contributed by atoms with van der Waals surface area (Å²) in [6.07, 6.45) is 0.371. The van der Waals surface area contributed by atoms with E-state index in [4.69, 9.17) is 4.74 Å². The Morgan fingerprint density at radius 3 is 2.53 bits per heavy atom. The molecule has 4 heteroatoms. The second-order valence-corrected chi connectivity index (χ2v) is 5.81. The van der Waals surface area contributed by atoms with Gasteiger partial charge in [-0.3, -0.25) is 4.79 Å². The van der Waals surface area contributed by atoms with Crippen molar-refractivity contribution in [3.8, 4) is 0 Å². The van der Waals surface area contributed by atoms with Gasteiger partial charge in [-0.05, 0) is 31.9 Å². The molecule has 1 aliphatic carbocycles. The maximum absolute atomic E-state index is 12.0. The van der Waals surface area contributed by atoms with E-state index >= 15 is 0 Å². The van der Waals surface area contributed by atoms with Crippen LogP contribution in [0, 0.1) is 0 Å². The number of ketones is 1. The van der Waals surface area contributed by atoms with Crippen LogP contribution in [0.15, 0.2) is 24.3 Å². The molecule has 1 aliphatic rings. The second kappa shape index (κ2) is 5.03. The van der Waals surface area contributed by atoms with Gasteiger partial charge < -0.3 is 10.1 Å². The predicted octanol–water partition coefficient (Wildman–Crippen LogP) is 2.25. The average Bonchev–Trinajstić information content (AvgIpc) is 2.27. The standard InChI is InChI=1S/C15H19NO3/c1-15(2,3)19-14(18)16-12-8-10-6-4-5-7-11(10)9-13(12)17/h4-7,12H,8-9H2,1-3H3,(H,16,18)/t12-/m1/s1. The van der Waals surface area contributed by atoms with Crippen LogP contribution in [0.1, 0.15) is 31.9 Å². The molecule has 4 nitrogen and oxygen atoms in total. The maximum atomic E-state index is 12.0. The number of carbonyl (C=O) groups excluding carboxylic acids is 2. The molecule has 0 radical (unpaired) electrons. The average molecular weight is 261 g/mol. The van der Waals surface area contributed by atoms with E-state index in [2.05, 4.69) is 5.32 Å². The fraction of sp³-hybridized carbons (Fsp3) is 0.467. The number of nitrogens with one attached hydrogen (secondary N) is 1. The zero-order chi connectivity index (χ0) is 14.0. The van der Waals surface area contributed by atoms with Crippen LogP contribution in [-0.2, 0) is 22.4 Å². The Bertz CT molecular complexity index is 502. The number of rotatable bonds is 1. The van der Waals surface area contributed by atoms with Crippen LogP contribution >= 0.6 is 0 Å². The molecule has 0 aromatic heterocycles. The van der Waals surface area contributed by atoms with Crippen molar-refractivity contribution in [3.05, 3.63) is 35.4 Å². The molecular formula is C15H19NO3. The highest BCUT2D eigenvalue weighted by molar-refractivity contribution is 5.91. The number of alkyl carbamates (subject to hydrolysis) is 1. The third-order valence-corrected chi connectivity index (χ3v) is 2.99. The number of carbonyl (C=O) groups is 2. The zero-order valence-electron chi connectivity index (χ0n) is 11.5. The Kier molecular flexibility index (Phi) is 3.60. The van der Waals surface area contributed by atoms with E-state index in [0.717, 1.165) is 11.1 Å². The third-order valence-electron chi connectivity index (χ3n) is 2.99. The number of ether oxygens (including phenoxy) is 1. The minimum atomic E-state index is -0.556. The van der Waals surface area contributed by atoms with Crippen LogP contribution in [0.3, 0.4) is 0 Å². The summed E-state index contributed by atoms with van der Waals surface area (Å²) < 4.78 is 5.17. The quantitative estimate of drug-likeness (QED) is 0.843. The molecule has 1 aromatic rings. The molecule has 0 saturated heterocycles. The van der Waals surface area contributed by atoms with Crippen LogP contribution in [-0.4, -0.2) is 23.5 Å². The largest absolute Gasteiger partial charge is 0.444 e. The van der Waals surface area contributed by atoms with E-state index in [1.54, 1.807) is 20.8 Å². The molecule has 1 N–H and O–H groups in total. The lowest BCUT2D eigenvalue weighted by molar-refractivity contribution is -0.120. The van der Waals surface area contributed by atoms with Gasteiger partial charge in [-0.2, -0.15) is 0 Å². The summed E-state index contributed by atoms with van der Waals surface area (Å²) in [5.41, 5.74) is 1.61. The monoisotopic (exact) mass is 261 g/mol. The highest BCUT2D eigenvalue weighted by atomic mass is 16.6. The smallest absolute Gasteiger partial charge is 0.408 e. The van der Waals surface area contributed by atoms with Gasteiger partial charge in [-0.15, -0.1) is 0 Å². The van der Waals surface area contributed by atoms with Crippen molar-refractivity contribution >= 4 is 11.9 Å². The van der Waals surface area contributed by atoms with Crippen LogP contribution in [0.2, 0.25) is 0 Å². The van der Waals surface area contributed by atoms with E-state index in [1.165, 1.54) is 0 Å². The maximum Gasteiger partial charge on any atom is 0.408 e. The molecule has 2 rings (SSSR count). The van der Waals surface area contributed by atoms with Crippen molar-refractivity contribution in [2.45, 2.75) is 45.3 Å². The first-order valence-electron chi connectivity index (χ1n) is 6.44. The molecule has 0 heterocycles. The fourth-order valence-corrected chi connectivity index (χ4v) is 2.16. The first-order valence-corrected chi connectivity index (χ1v) is 6.44. The van der Waals surface area contributed by atoms with E-state index in [0.29, 0.717) is 12.8 Å². The molecule has 0 aliphatic heterocycles. The molecule has 0 saturated carbocycles. The molecule has 0 unspecified atom stereocenters. The van der Waals surface area contributed by atoms with Crippen molar-refractivity contribution in [3.63, 3.8) is 0 Å². The highest BCUT2D eigenvalue weighted by Gasteiger charge is 2.28. The Balaban J connectivity index is 2.03. The lowest BCUT2D eigenvalue weighted by Crippen LogP contribution is -2.47. The minimum Gasteiger partial charge on any atom is -0.444 e. The topological polar surface area (TPSA) is 55.4 Å². The molecule has 1 atom stereocenters. The van der Waals surface area contributed by atoms with Gasteiger partial charge in [-0.1, -0.05) is 24.3 Å². The lowest BCUT2D eigenvalue weighted by Gasteiger charge is -2.26. The van der Waals surface area contributed by atoms with Crippen molar-refractivity contribution in [2.24, 2.45) is 0 Å². The summed E-state index contributed by atoms with van der Waals surface area (Å²) in [4.78, 5) is 23.7. The van der Waals surface area contributed by atoms with Crippen molar-refractivity contribution in [1.82, 2.24) is 5.32 Å². The summed E-state index contributed by atoms with van der Waals surface area (Å²) >= 11 is 0. The van der Waals surface area contributed by atoms with Gasteiger partial charge in [0, 0.05) is 12.8 Å². The van der Waals surface area contributed by atoms with Crippen LogP contribution < -0.4 is 5.32 Å². The number of Topliss-reactive ketones (excluding diaryl/α,β-unsaturated/α-hetero) is 1. The molecule has 1 aromatic carbocycles. The SMILES string of the molecule is CC(C)(C)OC(=O)N[C@@H]1Cc2ccccc2CC1=O. The van der Waals surface area contributed by atoms with Crippen molar-refractivity contribution in [2.75, 3.05) is 0 Å². The van der Waals surface area contributed by atoms with E-state index < -0.39 is 17.7 Å². The molecule has 102 valence electrons. The summed E-state index contributed by atoms with van der Waals surface area (Å²) in [7, 11) is 0. The Hall–Kier alpha value is -1.84. The summed E-state index contributed by atoms with van der Waals surface area (Å²) in [6, 6.07) is 7.33. The first kappa shape index (κ1) is 13.6. The predicted molar refractivity (Wildman–Crippen MR) is 72.0 cm³/mol. The summed E-state index contributed by atoms with van der Waals surface area (Å²) in [5.74, 6) is 0.0320. The summed E-state index contributed by atoms with van der Waals surface area (Å²) in [5, 5.41) is 2.66. The van der Waals surface area contributed by atoms with Gasteiger partial charge in [0.05, 0.1) is 6.04 Å². The number of benzene rings is 1. The highest BCUT2D eigenvalue weighted by Crippen LogP contribution is 2.19. The molecule has 0 spiro atoms. The van der Waals surface area contributed by atoms with Crippen LogP contribution in [0.4, 0.5) is 4.79 Å². The lowest BCUT2D eigenvalue weighted by atomic mass is 9.87.